The van der Waals surface area contributed by atoms with Gasteiger partial charge in [-0.1, -0.05) is 48.5 Å². The van der Waals surface area contributed by atoms with Gasteiger partial charge >= 0.3 is 0 Å². The van der Waals surface area contributed by atoms with Crippen molar-refractivity contribution in [2.24, 2.45) is 4.99 Å². The maximum Gasteiger partial charge on any atom is 0.191 e. The Hall–Kier alpha value is -1.84. The molecule has 1 aliphatic heterocycles. The lowest BCUT2D eigenvalue weighted by Gasteiger charge is -2.33. The number of guanidine groups is 1. The SMILES string of the molecule is CN=C(NCc1ccccc1OCCN(C)C)NC1CCN(Cc2ccccc2)CC1.I. The number of piperidine rings is 1. The van der Waals surface area contributed by atoms with Gasteiger partial charge in [0.25, 0.3) is 0 Å². The van der Waals surface area contributed by atoms with Gasteiger partial charge in [0.1, 0.15) is 12.4 Å². The average Bonchev–Trinajstić information content (AvgIpc) is 2.79. The molecular weight excluding hydrogens is 513 g/mol. The molecule has 0 spiro atoms. The van der Waals surface area contributed by atoms with Crippen LogP contribution in [0.2, 0.25) is 0 Å². The number of likely N-dealkylation sites (tertiary alicyclic amines) is 1. The molecule has 2 N–H and O–H groups in total. The van der Waals surface area contributed by atoms with E-state index in [1.165, 1.54) is 5.56 Å². The second-order valence-electron chi connectivity index (χ2n) is 8.37. The van der Waals surface area contributed by atoms with Gasteiger partial charge in [-0.15, -0.1) is 24.0 Å². The van der Waals surface area contributed by atoms with E-state index in [9.17, 15) is 0 Å². The third kappa shape index (κ3) is 8.96. The number of aliphatic imine (C=N–C) groups is 1. The van der Waals surface area contributed by atoms with Crippen LogP contribution in [0, 0.1) is 0 Å². The molecule has 2 aromatic carbocycles. The van der Waals surface area contributed by atoms with Crippen molar-refractivity contribution in [3.8, 4) is 5.75 Å². The number of rotatable bonds is 9. The number of hydrogen-bond donors (Lipinski definition) is 2. The van der Waals surface area contributed by atoms with Crippen LogP contribution in [0.5, 0.6) is 5.75 Å². The van der Waals surface area contributed by atoms with Crippen molar-refractivity contribution in [3.63, 3.8) is 0 Å². The Morgan fingerprint density at radius 3 is 2.44 bits per heavy atom. The Labute approximate surface area is 210 Å². The molecule has 6 nitrogen and oxygen atoms in total. The third-order valence-electron chi connectivity index (χ3n) is 5.62. The van der Waals surface area contributed by atoms with Crippen molar-refractivity contribution in [3.05, 3.63) is 65.7 Å². The number of nitrogens with one attached hydrogen (secondary N) is 2. The van der Waals surface area contributed by atoms with Crippen LogP contribution in [0.1, 0.15) is 24.0 Å². The standard InChI is InChI=1S/C25H37N5O.HI/c1-26-25(27-19-22-11-7-8-12-24(22)31-18-17-29(2)3)28-23-13-15-30(16-14-23)20-21-9-5-4-6-10-21;/h4-12,23H,13-20H2,1-3H3,(H2,26,27,28);1H. The maximum atomic E-state index is 5.98. The Morgan fingerprint density at radius 2 is 1.75 bits per heavy atom. The summed E-state index contributed by atoms with van der Waals surface area (Å²) in [5.74, 6) is 1.78. The smallest absolute Gasteiger partial charge is 0.191 e. The van der Waals surface area contributed by atoms with Gasteiger partial charge in [0.2, 0.25) is 0 Å². The molecule has 32 heavy (non-hydrogen) atoms. The zero-order valence-corrected chi connectivity index (χ0v) is 21.9. The van der Waals surface area contributed by atoms with Gasteiger partial charge in [-0.2, -0.15) is 0 Å². The van der Waals surface area contributed by atoms with E-state index in [0.717, 1.165) is 56.3 Å². The van der Waals surface area contributed by atoms with Crippen molar-refractivity contribution in [1.82, 2.24) is 20.4 Å². The Balaban J connectivity index is 0.00000363. The highest BCUT2D eigenvalue weighted by Gasteiger charge is 2.20. The quantitative estimate of drug-likeness (QED) is 0.284. The highest BCUT2D eigenvalue weighted by atomic mass is 127. The lowest BCUT2D eigenvalue weighted by Crippen LogP contribution is -2.48. The Morgan fingerprint density at radius 1 is 1.06 bits per heavy atom. The highest BCUT2D eigenvalue weighted by molar-refractivity contribution is 14.0. The van der Waals surface area contributed by atoms with Crippen LogP contribution >= 0.6 is 24.0 Å². The van der Waals surface area contributed by atoms with Gasteiger partial charge in [-0.3, -0.25) is 9.89 Å². The van der Waals surface area contributed by atoms with Gasteiger partial charge in [-0.25, -0.2) is 0 Å². The molecule has 0 aliphatic carbocycles. The molecule has 0 radical (unpaired) electrons. The van der Waals surface area contributed by atoms with Crippen LogP contribution in [-0.2, 0) is 13.1 Å². The zero-order chi connectivity index (χ0) is 21.9. The highest BCUT2D eigenvalue weighted by Crippen LogP contribution is 2.18. The van der Waals surface area contributed by atoms with Crippen molar-refractivity contribution in [2.45, 2.75) is 32.0 Å². The van der Waals surface area contributed by atoms with E-state index in [1.54, 1.807) is 0 Å². The summed E-state index contributed by atoms with van der Waals surface area (Å²) >= 11 is 0. The first kappa shape index (κ1) is 26.4. The molecule has 3 rings (SSSR count). The van der Waals surface area contributed by atoms with Gasteiger partial charge in [0, 0.05) is 51.4 Å². The fourth-order valence-electron chi connectivity index (χ4n) is 3.77. The summed E-state index contributed by atoms with van der Waals surface area (Å²) in [4.78, 5) is 9.09. The van der Waals surface area contributed by atoms with E-state index >= 15 is 0 Å². The minimum atomic E-state index is 0. The summed E-state index contributed by atoms with van der Waals surface area (Å²) in [5.41, 5.74) is 2.53. The minimum absolute atomic E-state index is 0. The molecule has 1 aliphatic rings. The summed E-state index contributed by atoms with van der Waals surface area (Å²) in [5, 5.41) is 7.06. The van der Waals surface area contributed by atoms with E-state index < -0.39 is 0 Å². The predicted octanol–water partition coefficient (Wildman–Crippen LogP) is 3.57. The van der Waals surface area contributed by atoms with E-state index in [2.05, 4.69) is 82.0 Å². The molecule has 1 fully saturated rings. The first-order chi connectivity index (χ1) is 15.1. The van der Waals surface area contributed by atoms with Crippen molar-refractivity contribution in [1.29, 1.82) is 0 Å². The van der Waals surface area contributed by atoms with Crippen molar-refractivity contribution in [2.75, 3.05) is 47.4 Å². The average molecular weight is 552 g/mol. The van der Waals surface area contributed by atoms with Gasteiger partial charge < -0.3 is 20.3 Å². The largest absolute Gasteiger partial charge is 0.492 e. The van der Waals surface area contributed by atoms with Gasteiger partial charge in [0.15, 0.2) is 5.96 Å². The normalized spacial score (nSPS) is 15.3. The summed E-state index contributed by atoms with van der Waals surface area (Å²) in [6.07, 6.45) is 2.25. The number of ether oxygens (including phenoxy) is 1. The first-order valence-electron chi connectivity index (χ1n) is 11.2. The number of benzene rings is 2. The summed E-state index contributed by atoms with van der Waals surface area (Å²) in [6.45, 7) is 5.50. The first-order valence-corrected chi connectivity index (χ1v) is 11.2. The predicted molar refractivity (Wildman–Crippen MR) is 144 cm³/mol. The number of hydrogen-bond acceptors (Lipinski definition) is 4. The molecule has 0 aromatic heterocycles. The van der Waals surface area contributed by atoms with E-state index in [0.29, 0.717) is 19.2 Å². The molecule has 0 atom stereocenters. The molecule has 0 bridgehead atoms. The van der Waals surface area contributed by atoms with E-state index in [4.69, 9.17) is 4.74 Å². The van der Waals surface area contributed by atoms with Crippen LogP contribution in [0.4, 0.5) is 0 Å². The molecule has 1 saturated heterocycles. The number of nitrogens with zero attached hydrogens (tertiary/aromatic N) is 3. The van der Waals surface area contributed by atoms with E-state index in [-0.39, 0.29) is 24.0 Å². The minimum Gasteiger partial charge on any atom is -0.492 e. The Bertz CT molecular complexity index is 807. The molecule has 0 amide bonds. The molecule has 2 aromatic rings. The monoisotopic (exact) mass is 551 g/mol. The molecule has 176 valence electrons. The van der Waals surface area contributed by atoms with Gasteiger partial charge in [-0.05, 0) is 38.6 Å². The lowest BCUT2D eigenvalue weighted by atomic mass is 10.0. The molecule has 7 heteroatoms. The van der Waals surface area contributed by atoms with Crippen molar-refractivity contribution >= 4 is 29.9 Å². The lowest BCUT2D eigenvalue weighted by molar-refractivity contribution is 0.198. The van der Waals surface area contributed by atoms with Gasteiger partial charge in [0.05, 0.1) is 0 Å². The summed E-state index contributed by atoms with van der Waals surface area (Å²) in [7, 11) is 5.94. The number of para-hydroxylation sites is 1. The molecular formula is C25H38IN5O. The maximum absolute atomic E-state index is 5.98. The number of halogens is 1. The van der Waals surface area contributed by atoms with E-state index in [1.807, 2.05) is 19.2 Å². The van der Waals surface area contributed by atoms with Crippen LogP contribution < -0.4 is 15.4 Å². The summed E-state index contributed by atoms with van der Waals surface area (Å²) in [6, 6.07) is 19.4. The number of likely N-dealkylation sites (N-methyl/N-ethyl adjacent to an activating group) is 1. The summed E-state index contributed by atoms with van der Waals surface area (Å²) < 4.78 is 5.98. The second-order valence-corrected chi connectivity index (χ2v) is 8.37. The molecule has 1 heterocycles. The molecule has 0 saturated carbocycles. The fourth-order valence-corrected chi connectivity index (χ4v) is 3.77. The van der Waals surface area contributed by atoms with Crippen LogP contribution in [-0.4, -0.2) is 69.2 Å². The fraction of sp³-hybridized carbons (Fsp3) is 0.480. The third-order valence-corrected chi connectivity index (χ3v) is 5.62. The van der Waals surface area contributed by atoms with Crippen molar-refractivity contribution < 1.29 is 4.74 Å². The van der Waals surface area contributed by atoms with Crippen LogP contribution in [0.25, 0.3) is 0 Å². The Kier molecular flexibility index (Phi) is 11.8. The topological polar surface area (TPSA) is 52.1 Å². The van der Waals surface area contributed by atoms with Crippen LogP contribution in [0.3, 0.4) is 0 Å². The van der Waals surface area contributed by atoms with Crippen LogP contribution in [0.15, 0.2) is 59.6 Å². The zero-order valence-electron chi connectivity index (χ0n) is 19.6. The molecule has 0 unspecified atom stereocenters. The second kappa shape index (κ2) is 14.3.